The summed E-state index contributed by atoms with van der Waals surface area (Å²) in [4.78, 5) is 0. The fraction of sp³-hybridized carbons (Fsp3) is 1.00. The number of unbranched alkanes of at least 4 members (excludes halogenated alkanes) is 2. The summed E-state index contributed by atoms with van der Waals surface area (Å²) in [5.41, 5.74) is 0. The van der Waals surface area contributed by atoms with Crippen LogP contribution in [-0.2, 0) is 4.74 Å². The number of hydrogen-bond acceptors (Lipinski definition) is 3. The minimum atomic E-state index is -0.358. The minimum absolute atomic E-state index is 0.358. The maximum atomic E-state index is 9.81. The van der Waals surface area contributed by atoms with E-state index in [1.165, 1.54) is 38.5 Å². The van der Waals surface area contributed by atoms with Crippen LogP contribution in [0.25, 0.3) is 0 Å². The van der Waals surface area contributed by atoms with Gasteiger partial charge in [0, 0.05) is 6.54 Å². The third-order valence-electron chi connectivity index (χ3n) is 3.75. The molecule has 3 unspecified atom stereocenters. The predicted octanol–water partition coefficient (Wildman–Crippen LogP) is 2.72. The summed E-state index contributed by atoms with van der Waals surface area (Å²) in [6.45, 7) is 6.64. The lowest BCUT2D eigenvalue weighted by Gasteiger charge is -2.27. The first-order valence-electron chi connectivity index (χ1n) is 7.72. The Kier molecular flexibility index (Phi) is 8.64. The molecule has 0 bridgehead atoms. The van der Waals surface area contributed by atoms with Crippen LogP contribution in [0.4, 0.5) is 0 Å². The second kappa shape index (κ2) is 9.76. The molecule has 0 aromatic heterocycles. The average Bonchev–Trinajstić information content (AvgIpc) is 2.36. The first kappa shape index (κ1) is 15.9. The number of rotatable bonds is 9. The van der Waals surface area contributed by atoms with Crippen LogP contribution in [-0.4, -0.2) is 37.0 Å². The van der Waals surface area contributed by atoms with E-state index in [0.717, 1.165) is 18.9 Å². The van der Waals surface area contributed by atoms with Gasteiger partial charge in [-0.15, -0.1) is 0 Å². The summed E-state index contributed by atoms with van der Waals surface area (Å²) < 4.78 is 5.80. The van der Waals surface area contributed by atoms with Gasteiger partial charge in [0.05, 0.1) is 18.8 Å². The molecule has 0 spiro atoms. The van der Waals surface area contributed by atoms with Gasteiger partial charge < -0.3 is 15.2 Å². The Morgan fingerprint density at radius 3 is 2.89 bits per heavy atom. The lowest BCUT2D eigenvalue weighted by Crippen LogP contribution is -2.33. The lowest BCUT2D eigenvalue weighted by atomic mass is 9.89. The highest BCUT2D eigenvalue weighted by Gasteiger charge is 2.20. The molecule has 0 saturated heterocycles. The predicted molar refractivity (Wildman–Crippen MR) is 75.8 cm³/mol. The molecule has 2 N–H and O–H groups in total. The summed E-state index contributed by atoms with van der Waals surface area (Å²) in [6, 6.07) is 0. The molecule has 1 aliphatic carbocycles. The Balaban J connectivity index is 1.97. The first-order chi connectivity index (χ1) is 8.72. The maximum absolute atomic E-state index is 9.81. The molecule has 0 heterocycles. The molecular formula is C15H31NO2. The second-order valence-corrected chi connectivity index (χ2v) is 5.79. The summed E-state index contributed by atoms with van der Waals surface area (Å²) in [5.74, 6) is 0.785. The van der Waals surface area contributed by atoms with Gasteiger partial charge in [-0.1, -0.05) is 39.5 Å². The number of aliphatic hydroxyl groups is 1. The Bertz CT molecular complexity index is 199. The van der Waals surface area contributed by atoms with E-state index in [1.54, 1.807) is 0 Å². The van der Waals surface area contributed by atoms with E-state index in [1.807, 2.05) is 0 Å². The van der Waals surface area contributed by atoms with Crippen molar-refractivity contribution in [3.8, 4) is 0 Å². The highest BCUT2D eigenvalue weighted by molar-refractivity contribution is 4.71. The molecule has 108 valence electrons. The van der Waals surface area contributed by atoms with E-state index in [0.29, 0.717) is 19.3 Å². The van der Waals surface area contributed by atoms with E-state index < -0.39 is 0 Å². The van der Waals surface area contributed by atoms with Crippen LogP contribution in [0.3, 0.4) is 0 Å². The van der Waals surface area contributed by atoms with Gasteiger partial charge in [0.1, 0.15) is 0 Å². The third-order valence-corrected chi connectivity index (χ3v) is 3.75. The van der Waals surface area contributed by atoms with Crippen molar-refractivity contribution in [3.63, 3.8) is 0 Å². The summed E-state index contributed by atoms with van der Waals surface area (Å²) in [6.07, 6.45) is 8.67. The van der Waals surface area contributed by atoms with Crippen LogP contribution < -0.4 is 5.32 Å². The van der Waals surface area contributed by atoms with E-state index >= 15 is 0 Å². The van der Waals surface area contributed by atoms with E-state index in [-0.39, 0.29) is 6.10 Å². The molecule has 3 nitrogen and oxygen atoms in total. The molecule has 18 heavy (non-hydrogen) atoms. The zero-order valence-corrected chi connectivity index (χ0v) is 12.2. The molecule has 1 rings (SSSR count). The van der Waals surface area contributed by atoms with Crippen molar-refractivity contribution in [1.29, 1.82) is 0 Å². The minimum Gasteiger partial charge on any atom is -0.389 e. The molecule has 1 saturated carbocycles. The molecule has 3 heteroatoms. The van der Waals surface area contributed by atoms with Crippen molar-refractivity contribution in [2.75, 3.05) is 19.7 Å². The molecule has 0 aromatic rings. The van der Waals surface area contributed by atoms with Crippen molar-refractivity contribution in [2.45, 2.75) is 71.0 Å². The second-order valence-electron chi connectivity index (χ2n) is 5.79. The van der Waals surface area contributed by atoms with Gasteiger partial charge in [-0.3, -0.25) is 0 Å². The Labute approximate surface area is 112 Å². The summed E-state index contributed by atoms with van der Waals surface area (Å²) >= 11 is 0. The van der Waals surface area contributed by atoms with E-state index in [4.69, 9.17) is 4.74 Å². The van der Waals surface area contributed by atoms with Gasteiger partial charge in [0.25, 0.3) is 0 Å². The number of aliphatic hydroxyl groups excluding tert-OH is 1. The number of ether oxygens (including phenoxy) is 1. The Morgan fingerprint density at radius 2 is 2.17 bits per heavy atom. The lowest BCUT2D eigenvalue weighted by molar-refractivity contribution is -0.0305. The molecule has 0 aliphatic heterocycles. The van der Waals surface area contributed by atoms with Crippen molar-refractivity contribution >= 4 is 0 Å². The Hall–Kier alpha value is -0.120. The van der Waals surface area contributed by atoms with Crippen molar-refractivity contribution in [2.24, 2.45) is 5.92 Å². The molecule has 1 aliphatic rings. The van der Waals surface area contributed by atoms with E-state index in [2.05, 4.69) is 19.2 Å². The van der Waals surface area contributed by atoms with Gasteiger partial charge in [0.2, 0.25) is 0 Å². The Morgan fingerprint density at radius 1 is 1.33 bits per heavy atom. The van der Waals surface area contributed by atoms with Crippen LogP contribution in [0.1, 0.15) is 58.8 Å². The highest BCUT2D eigenvalue weighted by atomic mass is 16.5. The first-order valence-corrected chi connectivity index (χ1v) is 7.72. The molecular weight excluding hydrogens is 226 g/mol. The van der Waals surface area contributed by atoms with Gasteiger partial charge in [-0.05, 0) is 31.7 Å². The van der Waals surface area contributed by atoms with Crippen LogP contribution in [0.5, 0.6) is 0 Å². The van der Waals surface area contributed by atoms with Gasteiger partial charge in [0.15, 0.2) is 0 Å². The van der Waals surface area contributed by atoms with Crippen molar-refractivity contribution in [1.82, 2.24) is 5.32 Å². The molecule has 0 radical (unpaired) electrons. The molecule has 0 amide bonds. The van der Waals surface area contributed by atoms with Gasteiger partial charge in [-0.2, -0.15) is 0 Å². The standard InChI is InChI=1S/C15H31NO2/c1-3-4-5-9-16-11-14(17)12-18-15-8-6-7-13(2)10-15/h13-17H,3-12H2,1-2H3. The van der Waals surface area contributed by atoms with Gasteiger partial charge in [-0.25, -0.2) is 0 Å². The molecule has 0 aromatic carbocycles. The number of hydrogen-bond donors (Lipinski definition) is 2. The maximum Gasteiger partial charge on any atom is 0.0897 e. The monoisotopic (exact) mass is 257 g/mol. The number of nitrogens with one attached hydrogen (secondary N) is 1. The normalized spacial score (nSPS) is 26.2. The van der Waals surface area contributed by atoms with Crippen LogP contribution in [0, 0.1) is 5.92 Å². The van der Waals surface area contributed by atoms with Crippen molar-refractivity contribution < 1.29 is 9.84 Å². The zero-order chi connectivity index (χ0) is 13.2. The van der Waals surface area contributed by atoms with Crippen LogP contribution in [0.15, 0.2) is 0 Å². The van der Waals surface area contributed by atoms with Gasteiger partial charge >= 0.3 is 0 Å². The molecule has 3 atom stereocenters. The highest BCUT2D eigenvalue weighted by Crippen LogP contribution is 2.25. The smallest absolute Gasteiger partial charge is 0.0897 e. The quantitative estimate of drug-likeness (QED) is 0.624. The topological polar surface area (TPSA) is 41.5 Å². The van der Waals surface area contributed by atoms with Crippen LogP contribution >= 0.6 is 0 Å². The summed E-state index contributed by atoms with van der Waals surface area (Å²) in [7, 11) is 0. The fourth-order valence-electron chi connectivity index (χ4n) is 2.60. The average molecular weight is 257 g/mol. The SMILES string of the molecule is CCCCCNCC(O)COC1CCCC(C)C1. The largest absolute Gasteiger partial charge is 0.389 e. The molecule has 1 fully saturated rings. The fourth-order valence-corrected chi connectivity index (χ4v) is 2.60. The van der Waals surface area contributed by atoms with E-state index in [9.17, 15) is 5.11 Å². The third kappa shape index (κ3) is 7.34. The zero-order valence-electron chi connectivity index (χ0n) is 12.2. The van der Waals surface area contributed by atoms with Crippen molar-refractivity contribution in [3.05, 3.63) is 0 Å². The summed E-state index contributed by atoms with van der Waals surface area (Å²) in [5, 5.41) is 13.1. The van der Waals surface area contributed by atoms with Crippen LogP contribution in [0.2, 0.25) is 0 Å².